The highest BCUT2D eigenvalue weighted by molar-refractivity contribution is 5.41. The Hall–Kier alpha value is -1.09. The van der Waals surface area contributed by atoms with Crippen molar-refractivity contribution in [1.82, 2.24) is 4.98 Å². The lowest BCUT2D eigenvalue weighted by Gasteiger charge is -2.21. The minimum Gasteiger partial charge on any atom is -0.358 e. The zero-order chi connectivity index (χ0) is 10.7. The third-order valence-corrected chi connectivity index (χ3v) is 3.02. The predicted molar refractivity (Wildman–Crippen MR) is 63.2 cm³/mol. The first-order valence-corrected chi connectivity index (χ1v) is 5.71. The van der Waals surface area contributed by atoms with Crippen molar-refractivity contribution in [2.45, 2.75) is 25.7 Å². The fourth-order valence-corrected chi connectivity index (χ4v) is 2.09. The van der Waals surface area contributed by atoms with E-state index in [1.54, 1.807) is 0 Å². The maximum absolute atomic E-state index is 5.54. The normalized spacial score (nSPS) is 14.8. The molecule has 1 aliphatic carbocycles. The van der Waals surface area contributed by atoms with Crippen LogP contribution in [-0.4, -0.2) is 25.1 Å². The summed E-state index contributed by atoms with van der Waals surface area (Å²) in [5, 5.41) is 0. The van der Waals surface area contributed by atoms with Gasteiger partial charge in [-0.3, -0.25) is 0 Å². The van der Waals surface area contributed by atoms with E-state index in [0.29, 0.717) is 6.54 Å². The molecular weight excluding hydrogens is 186 g/mol. The van der Waals surface area contributed by atoms with Crippen molar-refractivity contribution >= 4 is 5.82 Å². The zero-order valence-corrected chi connectivity index (χ0v) is 9.37. The molecule has 1 aromatic rings. The monoisotopic (exact) mass is 205 g/mol. The summed E-state index contributed by atoms with van der Waals surface area (Å²) in [7, 11) is 2.05. The molecule has 0 aliphatic heterocycles. The van der Waals surface area contributed by atoms with E-state index in [1.165, 1.54) is 30.5 Å². The second kappa shape index (κ2) is 4.62. The molecule has 0 bridgehead atoms. The van der Waals surface area contributed by atoms with E-state index < -0.39 is 0 Å². The zero-order valence-electron chi connectivity index (χ0n) is 9.37. The van der Waals surface area contributed by atoms with Gasteiger partial charge in [-0.25, -0.2) is 4.98 Å². The van der Waals surface area contributed by atoms with Crippen molar-refractivity contribution < 1.29 is 0 Å². The van der Waals surface area contributed by atoms with E-state index in [0.717, 1.165) is 18.8 Å². The molecule has 1 aromatic heterocycles. The summed E-state index contributed by atoms with van der Waals surface area (Å²) in [5.41, 5.74) is 8.27. The summed E-state index contributed by atoms with van der Waals surface area (Å²) >= 11 is 0. The average Bonchev–Trinajstić information content (AvgIpc) is 2.29. The van der Waals surface area contributed by atoms with Gasteiger partial charge < -0.3 is 10.6 Å². The minimum absolute atomic E-state index is 0.676. The highest BCUT2D eigenvalue weighted by atomic mass is 15.2. The molecule has 1 heterocycles. The fourth-order valence-electron chi connectivity index (χ4n) is 2.09. The summed E-state index contributed by atoms with van der Waals surface area (Å²) < 4.78 is 0. The first kappa shape index (κ1) is 10.4. The molecule has 0 aromatic carbocycles. The highest BCUT2D eigenvalue weighted by Gasteiger charge is 2.12. The maximum atomic E-state index is 5.54. The van der Waals surface area contributed by atoms with E-state index in [2.05, 4.69) is 17.0 Å². The van der Waals surface area contributed by atoms with Crippen LogP contribution in [0.1, 0.15) is 24.1 Å². The van der Waals surface area contributed by atoms with Gasteiger partial charge in [-0.1, -0.05) is 6.07 Å². The van der Waals surface area contributed by atoms with Gasteiger partial charge in [0.1, 0.15) is 5.82 Å². The first-order chi connectivity index (χ1) is 7.31. The molecule has 1 aliphatic rings. The van der Waals surface area contributed by atoms with Crippen molar-refractivity contribution in [2.75, 3.05) is 25.0 Å². The van der Waals surface area contributed by atoms with Crippen molar-refractivity contribution in [3.8, 4) is 0 Å². The molecule has 0 atom stereocenters. The van der Waals surface area contributed by atoms with Crippen LogP contribution in [0.3, 0.4) is 0 Å². The second-order valence-corrected chi connectivity index (χ2v) is 4.19. The van der Waals surface area contributed by atoms with Gasteiger partial charge >= 0.3 is 0 Å². The first-order valence-electron chi connectivity index (χ1n) is 5.71. The topological polar surface area (TPSA) is 42.1 Å². The molecule has 0 amide bonds. The Labute approximate surface area is 91.3 Å². The van der Waals surface area contributed by atoms with Crippen LogP contribution in [0.2, 0.25) is 0 Å². The molecule has 15 heavy (non-hydrogen) atoms. The number of pyridine rings is 1. The molecule has 2 N–H and O–H groups in total. The molecule has 2 rings (SSSR count). The Balaban J connectivity index is 2.20. The van der Waals surface area contributed by atoms with Gasteiger partial charge in [0.15, 0.2) is 0 Å². The predicted octanol–water partition coefficient (Wildman–Crippen LogP) is 1.36. The van der Waals surface area contributed by atoms with Crippen molar-refractivity contribution in [2.24, 2.45) is 5.73 Å². The van der Waals surface area contributed by atoms with E-state index in [-0.39, 0.29) is 0 Å². The Morgan fingerprint density at radius 1 is 1.33 bits per heavy atom. The Bertz CT molecular complexity index is 336. The number of aryl methyl sites for hydroxylation is 2. The van der Waals surface area contributed by atoms with Gasteiger partial charge in [0.25, 0.3) is 0 Å². The van der Waals surface area contributed by atoms with E-state index in [9.17, 15) is 0 Å². The van der Waals surface area contributed by atoms with Gasteiger partial charge in [0.05, 0.1) is 0 Å². The number of rotatable bonds is 3. The maximum Gasteiger partial charge on any atom is 0.128 e. The number of fused-ring (bicyclic) bond motifs is 1. The number of hydrogen-bond acceptors (Lipinski definition) is 3. The van der Waals surface area contributed by atoms with E-state index in [4.69, 9.17) is 10.7 Å². The molecule has 0 fully saturated rings. The van der Waals surface area contributed by atoms with Gasteiger partial charge in [0, 0.05) is 25.8 Å². The third-order valence-electron chi connectivity index (χ3n) is 3.02. The number of hydrogen-bond donors (Lipinski definition) is 1. The third kappa shape index (κ3) is 2.29. The Morgan fingerprint density at radius 2 is 2.13 bits per heavy atom. The number of likely N-dealkylation sites (N-methyl/N-ethyl adjacent to an activating group) is 1. The second-order valence-electron chi connectivity index (χ2n) is 4.19. The summed E-state index contributed by atoms with van der Waals surface area (Å²) in [6.07, 6.45) is 4.93. The molecule has 0 radical (unpaired) electrons. The van der Waals surface area contributed by atoms with Gasteiger partial charge in [-0.05, 0) is 37.3 Å². The molecule has 0 spiro atoms. The highest BCUT2D eigenvalue weighted by Crippen LogP contribution is 2.22. The smallest absolute Gasteiger partial charge is 0.128 e. The van der Waals surface area contributed by atoms with Gasteiger partial charge in [0.2, 0.25) is 0 Å². The number of anilines is 1. The van der Waals surface area contributed by atoms with Crippen molar-refractivity contribution in [1.29, 1.82) is 0 Å². The Morgan fingerprint density at radius 3 is 2.93 bits per heavy atom. The summed E-state index contributed by atoms with van der Waals surface area (Å²) in [6, 6.07) is 4.34. The van der Waals surface area contributed by atoms with Crippen molar-refractivity contribution in [3.63, 3.8) is 0 Å². The SMILES string of the molecule is CN(CCN)c1ccc2c(n1)CCCC2. The fraction of sp³-hybridized carbons (Fsp3) is 0.583. The summed E-state index contributed by atoms with van der Waals surface area (Å²) in [4.78, 5) is 6.82. The number of nitrogens with zero attached hydrogens (tertiary/aromatic N) is 2. The van der Waals surface area contributed by atoms with Crippen LogP contribution in [0.4, 0.5) is 5.82 Å². The lowest BCUT2D eigenvalue weighted by atomic mass is 9.96. The molecule has 0 unspecified atom stereocenters. The number of aromatic nitrogens is 1. The quantitative estimate of drug-likeness (QED) is 0.810. The molecular formula is C12H19N3. The van der Waals surface area contributed by atoms with Crippen LogP contribution < -0.4 is 10.6 Å². The Kier molecular flexibility index (Phi) is 3.21. The molecule has 3 heteroatoms. The van der Waals surface area contributed by atoms with Crippen molar-refractivity contribution in [3.05, 3.63) is 23.4 Å². The van der Waals surface area contributed by atoms with Crippen LogP contribution in [-0.2, 0) is 12.8 Å². The molecule has 0 saturated carbocycles. The standard InChI is InChI=1S/C12H19N3/c1-15(9-8-13)12-7-6-10-4-2-3-5-11(10)14-12/h6-7H,2-5,8-9,13H2,1H3. The van der Waals surface area contributed by atoms with Crippen LogP contribution in [0.15, 0.2) is 12.1 Å². The summed E-state index contributed by atoms with van der Waals surface area (Å²) in [5.74, 6) is 1.06. The lowest BCUT2D eigenvalue weighted by molar-refractivity contribution is 0.666. The van der Waals surface area contributed by atoms with Crippen LogP contribution in [0, 0.1) is 0 Å². The van der Waals surface area contributed by atoms with E-state index in [1.807, 2.05) is 7.05 Å². The van der Waals surface area contributed by atoms with Crippen LogP contribution in [0.25, 0.3) is 0 Å². The van der Waals surface area contributed by atoms with Gasteiger partial charge in [-0.15, -0.1) is 0 Å². The minimum atomic E-state index is 0.676. The number of nitrogens with two attached hydrogens (primary N) is 1. The van der Waals surface area contributed by atoms with Crippen LogP contribution >= 0.6 is 0 Å². The lowest BCUT2D eigenvalue weighted by Crippen LogP contribution is -2.26. The molecule has 0 saturated heterocycles. The van der Waals surface area contributed by atoms with Crippen LogP contribution in [0.5, 0.6) is 0 Å². The van der Waals surface area contributed by atoms with E-state index >= 15 is 0 Å². The average molecular weight is 205 g/mol. The molecule has 82 valence electrons. The summed E-state index contributed by atoms with van der Waals surface area (Å²) in [6.45, 7) is 1.54. The largest absolute Gasteiger partial charge is 0.358 e. The van der Waals surface area contributed by atoms with Gasteiger partial charge in [-0.2, -0.15) is 0 Å². The molecule has 3 nitrogen and oxygen atoms in total.